The Morgan fingerprint density at radius 3 is 2.45 bits per heavy atom. The normalized spacial score (nSPS) is 10.9. The van der Waals surface area contributed by atoms with E-state index < -0.39 is 5.91 Å². The molecule has 0 fully saturated rings. The molecule has 0 unspecified atom stereocenters. The molecule has 0 spiro atoms. The van der Waals surface area contributed by atoms with Gasteiger partial charge in [0.15, 0.2) is 0 Å². The summed E-state index contributed by atoms with van der Waals surface area (Å²) in [4.78, 5) is 15.1. The zero-order valence-electron chi connectivity index (χ0n) is 10.2. The second kappa shape index (κ2) is 5.94. The number of aliphatic imine (C=N–C) groups is 1. The molecule has 2 aromatic carbocycles. The zero-order valence-corrected chi connectivity index (χ0v) is 11.7. The summed E-state index contributed by atoms with van der Waals surface area (Å²) in [5.74, 6) is -0.589. The van der Waals surface area contributed by atoms with E-state index in [2.05, 4.69) is 4.99 Å². The number of amides is 1. The van der Waals surface area contributed by atoms with Gasteiger partial charge >= 0.3 is 0 Å². The molecule has 0 saturated carbocycles. The molecular formula is C14H10Cl2N2O2. The van der Waals surface area contributed by atoms with E-state index in [9.17, 15) is 9.90 Å². The minimum absolute atomic E-state index is 0.0893. The lowest BCUT2D eigenvalue weighted by atomic mass is 10.2. The number of primary amides is 1. The van der Waals surface area contributed by atoms with Crippen LogP contribution in [-0.2, 0) is 0 Å². The summed E-state index contributed by atoms with van der Waals surface area (Å²) in [7, 11) is 0. The number of halogens is 2. The molecule has 0 saturated heterocycles. The zero-order chi connectivity index (χ0) is 14.7. The molecule has 102 valence electrons. The van der Waals surface area contributed by atoms with Crippen LogP contribution in [-0.4, -0.2) is 17.2 Å². The lowest BCUT2D eigenvalue weighted by molar-refractivity contribution is 0.100. The number of rotatable bonds is 3. The fraction of sp³-hybridized carbons (Fsp3) is 0. The molecule has 0 bridgehead atoms. The van der Waals surface area contributed by atoms with Gasteiger partial charge in [0.05, 0.1) is 10.7 Å². The number of nitrogens with zero attached hydrogens (tertiary/aromatic N) is 1. The summed E-state index contributed by atoms with van der Waals surface area (Å²) in [6.45, 7) is 0. The Balaban J connectivity index is 2.27. The van der Waals surface area contributed by atoms with E-state index in [1.54, 1.807) is 30.3 Å². The van der Waals surface area contributed by atoms with E-state index in [0.29, 0.717) is 21.8 Å². The van der Waals surface area contributed by atoms with Crippen molar-refractivity contribution in [3.05, 3.63) is 57.6 Å². The third-order valence-electron chi connectivity index (χ3n) is 2.56. The quantitative estimate of drug-likeness (QED) is 0.851. The smallest absolute Gasteiger partial charge is 0.248 e. The first kappa shape index (κ1) is 14.4. The molecule has 0 heterocycles. The Bertz CT molecular complexity index is 682. The van der Waals surface area contributed by atoms with Crippen molar-refractivity contribution < 1.29 is 9.90 Å². The average Bonchev–Trinajstić information content (AvgIpc) is 2.41. The molecule has 0 radical (unpaired) electrons. The molecule has 2 rings (SSSR count). The second-order valence-corrected chi connectivity index (χ2v) is 4.84. The minimum Gasteiger partial charge on any atom is -0.506 e. The summed E-state index contributed by atoms with van der Waals surface area (Å²) in [6, 6.07) is 9.40. The van der Waals surface area contributed by atoms with Crippen LogP contribution in [0.2, 0.25) is 10.0 Å². The summed E-state index contributed by atoms with van der Waals surface area (Å²) in [5.41, 5.74) is 6.55. The number of hydrogen-bond donors (Lipinski definition) is 2. The van der Waals surface area contributed by atoms with E-state index in [1.807, 2.05) is 0 Å². The Hall–Kier alpha value is -2.04. The maximum Gasteiger partial charge on any atom is 0.248 e. The number of aromatic hydroxyl groups is 1. The van der Waals surface area contributed by atoms with Crippen LogP contribution in [0.4, 0.5) is 5.69 Å². The van der Waals surface area contributed by atoms with Crippen LogP contribution in [0.3, 0.4) is 0 Å². The molecule has 6 heteroatoms. The molecule has 0 aliphatic carbocycles. The fourth-order valence-corrected chi connectivity index (χ4v) is 2.05. The number of nitrogens with two attached hydrogens (primary N) is 1. The summed E-state index contributed by atoms with van der Waals surface area (Å²) >= 11 is 11.7. The van der Waals surface area contributed by atoms with Gasteiger partial charge in [-0.2, -0.15) is 0 Å². The molecule has 3 N–H and O–H groups in total. The predicted molar refractivity (Wildman–Crippen MR) is 80.3 cm³/mol. The van der Waals surface area contributed by atoms with Gasteiger partial charge in [0.25, 0.3) is 0 Å². The van der Waals surface area contributed by atoms with Gasteiger partial charge in [0.2, 0.25) is 5.91 Å². The molecule has 0 aliphatic rings. The van der Waals surface area contributed by atoms with Gasteiger partial charge in [0.1, 0.15) is 5.75 Å². The van der Waals surface area contributed by atoms with Crippen LogP contribution in [0, 0.1) is 0 Å². The van der Waals surface area contributed by atoms with Crippen LogP contribution < -0.4 is 5.73 Å². The van der Waals surface area contributed by atoms with Gasteiger partial charge in [-0.15, -0.1) is 0 Å². The first-order valence-corrected chi connectivity index (χ1v) is 6.35. The highest BCUT2D eigenvalue weighted by Gasteiger charge is 2.06. The third-order valence-corrected chi connectivity index (χ3v) is 3.07. The molecule has 1 amide bonds. The maximum atomic E-state index is 10.9. The largest absolute Gasteiger partial charge is 0.506 e. The van der Waals surface area contributed by atoms with E-state index >= 15 is 0 Å². The lowest BCUT2D eigenvalue weighted by Crippen LogP contribution is -2.10. The van der Waals surface area contributed by atoms with Gasteiger partial charge in [-0.05, 0) is 36.4 Å². The van der Waals surface area contributed by atoms with E-state index in [0.717, 1.165) is 0 Å². The van der Waals surface area contributed by atoms with E-state index in [4.69, 9.17) is 28.9 Å². The molecule has 4 nitrogen and oxygen atoms in total. The maximum absolute atomic E-state index is 10.9. The van der Waals surface area contributed by atoms with Gasteiger partial charge in [-0.1, -0.05) is 23.2 Å². The van der Waals surface area contributed by atoms with E-state index in [1.165, 1.54) is 12.3 Å². The van der Waals surface area contributed by atoms with Crippen LogP contribution in [0.5, 0.6) is 5.75 Å². The monoisotopic (exact) mass is 308 g/mol. The molecular weight excluding hydrogens is 299 g/mol. The van der Waals surface area contributed by atoms with Crippen molar-refractivity contribution in [2.45, 2.75) is 0 Å². The highest BCUT2D eigenvalue weighted by molar-refractivity contribution is 6.36. The Labute approximate surface area is 125 Å². The SMILES string of the molecule is NC(=O)c1ccc(N=Cc2cc(Cl)cc(Cl)c2O)cc1. The summed E-state index contributed by atoms with van der Waals surface area (Å²) in [6.07, 6.45) is 1.44. The minimum atomic E-state index is -0.500. The van der Waals surface area contributed by atoms with Crippen molar-refractivity contribution in [3.63, 3.8) is 0 Å². The van der Waals surface area contributed by atoms with Crippen molar-refractivity contribution in [3.8, 4) is 5.75 Å². The average molecular weight is 309 g/mol. The number of phenolic OH excluding ortho intramolecular Hbond substituents is 1. The standard InChI is InChI=1S/C14H10Cl2N2O2/c15-10-5-9(13(19)12(16)6-10)7-18-11-3-1-8(2-4-11)14(17)20/h1-7,19H,(H2,17,20). The lowest BCUT2D eigenvalue weighted by Gasteiger charge is -2.02. The van der Waals surface area contributed by atoms with Crippen molar-refractivity contribution >= 4 is 41.0 Å². The molecule has 20 heavy (non-hydrogen) atoms. The van der Waals surface area contributed by atoms with E-state index in [-0.39, 0.29) is 10.8 Å². The van der Waals surface area contributed by atoms with Crippen molar-refractivity contribution in [1.29, 1.82) is 0 Å². The van der Waals surface area contributed by atoms with Crippen LogP contribution in [0.25, 0.3) is 0 Å². The van der Waals surface area contributed by atoms with Crippen LogP contribution in [0.15, 0.2) is 41.4 Å². The number of carbonyl (C=O) groups is 1. The van der Waals surface area contributed by atoms with Crippen molar-refractivity contribution in [2.75, 3.05) is 0 Å². The summed E-state index contributed by atoms with van der Waals surface area (Å²) < 4.78 is 0. The van der Waals surface area contributed by atoms with Gasteiger partial charge < -0.3 is 10.8 Å². The Morgan fingerprint density at radius 1 is 1.20 bits per heavy atom. The molecule has 0 aliphatic heterocycles. The number of benzene rings is 2. The van der Waals surface area contributed by atoms with Crippen molar-refractivity contribution in [2.24, 2.45) is 10.7 Å². The molecule has 0 aromatic heterocycles. The van der Waals surface area contributed by atoms with Gasteiger partial charge in [-0.3, -0.25) is 9.79 Å². The fourth-order valence-electron chi connectivity index (χ4n) is 1.54. The summed E-state index contributed by atoms with van der Waals surface area (Å²) in [5, 5.41) is 10.3. The van der Waals surface area contributed by atoms with Gasteiger partial charge in [0, 0.05) is 22.4 Å². The third kappa shape index (κ3) is 3.29. The second-order valence-electron chi connectivity index (χ2n) is 3.99. The van der Waals surface area contributed by atoms with Crippen molar-refractivity contribution in [1.82, 2.24) is 0 Å². The highest BCUT2D eigenvalue weighted by atomic mass is 35.5. The molecule has 2 aromatic rings. The number of phenols is 1. The highest BCUT2D eigenvalue weighted by Crippen LogP contribution is 2.30. The predicted octanol–water partition coefficient (Wildman–Crippen LogP) is 3.55. The first-order valence-electron chi connectivity index (χ1n) is 5.59. The Morgan fingerprint density at radius 2 is 1.85 bits per heavy atom. The van der Waals surface area contributed by atoms with Gasteiger partial charge in [-0.25, -0.2) is 0 Å². The number of carbonyl (C=O) groups excluding carboxylic acids is 1. The number of hydrogen-bond acceptors (Lipinski definition) is 3. The van der Waals surface area contributed by atoms with Crippen LogP contribution in [0.1, 0.15) is 15.9 Å². The topological polar surface area (TPSA) is 75.7 Å². The first-order chi connectivity index (χ1) is 9.47. The van der Waals surface area contributed by atoms with Crippen LogP contribution >= 0.6 is 23.2 Å². The Kier molecular flexibility index (Phi) is 4.27. The molecule has 0 atom stereocenters.